The average molecular weight is 425 g/mol. The van der Waals surface area contributed by atoms with Gasteiger partial charge in [0.15, 0.2) is 0 Å². The number of hydroxylamine groups is 2. The van der Waals surface area contributed by atoms with Gasteiger partial charge in [0.25, 0.3) is 11.8 Å². The number of anilines is 1. The number of ether oxygens (including phenoxy) is 1. The van der Waals surface area contributed by atoms with Crippen LogP contribution in [-0.2, 0) is 9.63 Å². The van der Waals surface area contributed by atoms with Crippen LogP contribution in [0.1, 0.15) is 41.0 Å². The molecule has 0 bridgehead atoms. The highest BCUT2D eigenvalue weighted by molar-refractivity contribution is 6.21. The van der Waals surface area contributed by atoms with Crippen molar-refractivity contribution in [1.29, 1.82) is 0 Å². The summed E-state index contributed by atoms with van der Waals surface area (Å²) in [5.74, 6) is -2.04. The zero-order valence-corrected chi connectivity index (χ0v) is 17.4. The lowest BCUT2D eigenvalue weighted by Crippen LogP contribution is -2.49. The van der Waals surface area contributed by atoms with E-state index >= 15 is 0 Å². The van der Waals surface area contributed by atoms with E-state index < -0.39 is 29.9 Å². The van der Waals surface area contributed by atoms with Crippen molar-refractivity contribution in [1.82, 2.24) is 10.4 Å². The van der Waals surface area contributed by atoms with E-state index in [9.17, 15) is 19.2 Å². The molecule has 2 unspecified atom stereocenters. The highest BCUT2D eigenvalue weighted by atomic mass is 16.7. The van der Waals surface area contributed by atoms with Crippen LogP contribution in [-0.4, -0.2) is 42.0 Å². The second-order valence-corrected chi connectivity index (χ2v) is 7.05. The number of nitrogens with one attached hydrogen (secondary N) is 2. The fourth-order valence-corrected chi connectivity index (χ4v) is 3.05. The summed E-state index contributed by atoms with van der Waals surface area (Å²) in [5, 5.41) is 5.62. The van der Waals surface area contributed by atoms with Gasteiger partial charge < -0.3 is 20.2 Å². The molecule has 4 amide bonds. The number of fused-ring (bicyclic) bond motifs is 1. The molecule has 0 saturated heterocycles. The van der Waals surface area contributed by atoms with E-state index in [4.69, 9.17) is 9.57 Å². The summed E-state index contributed by atoms with van der Waals surface area (Å²) in [7, 11) is 1.53. The lowest BCUT2D eigenvalue weighted by molar-refractivity contribution is -0.172. The Bertz CT molecular complexity index is 970. The number of carbonyl (C=O) groups excluding carboxylic acids is 4. The van der Waals surface area contributed by atoms with Crippen LogP contribution in [0, 0.1) is 5.92 Å². The molecule has 0 saturated carbocycles. The number of urea groups is 1. The van der Waals surface area contributed by atoms with Crippen molar-refractivity contribution in [2.24, 2.45) is 5.92 Å². The molecule has 0 aliphatic carbocycles. The minimum atomic E-state index is -1.08. The molecular formula is C22H23N3O6. The van der Waals surface area contributed by atoms with Crippen molar-refractivity contribution >= 4 is 29.5 Å². The van der Waals surface area contributed by atoms with E-state index in [1.807, 2.05) is 6.92 Å². The maximum Gasteiger partial charge on any atom is 0.355 e. The van der Waals surface area contributed by atoms with Crippen LogP contribution in [0.15, 0.2) is 48.5 Å². The van der Waals surface area contributed by atoms with Crippen molar-refractivity contribution in [2.75, 3.05) is 12.4 Å². The molecule has 1 aliphatic heterocycles. The molecule has 31 heavy (non-hydrogen) atoms. The van der Waals surface area contributed by atoms with Crippen LogP contribution < -0.4 is 15.4 Å². The number of benzene rings is 2. The van der Waals surface area contributed by atoms with Crippen LogP contribution in [0.4, 0.5) is 10.5 Å². The first-order chi connectivity index (χ1) is 14.8. The van der Waals surface area contributed by atoms with Crippen molar-refractivity contribution < 1.29 is 28.8 Å². The highest BCUT2D eigenvalue weighted by Crippen LogP contribution is 2.23. The topological polar surface area (TPSA) is 114 Å². The molecule has 162 valence electrons. The van der Waals surface area contributed by atoms with Crippen molar-refractivity contribution in [2.45, 2.75) is 26.3 Å². The Labute approximate surface area is 179 Å². The first-order valence-electron chi connectivity index (χ1n) is 9.76. The molecule has 0 fully saturated rings. The van der Waals surface area contributed by atoms with Gasteiger partial charge in [0, 0.05) is 5.69 Å². The first kappa shape index (κ1) is 21.8. The van der Waals surface area contributed by atoms with Crippen molar-refractivity contribution in [3.05, 3.63) is 59.7 Å². The average Bonchev–Trinajstić information content (AvgIpc) is 3.02. The molecule has 3 rings (SSSR count). The van der Waals surface area contributed by atoms with Gasteiger partial charge in [-0.1, -0.05) is 37.5 Å². The van der Waals surface area contributed by atoms with Gasteiger partial charge in [0.2, 0.25) is 0 Å². The minimum absolute atomic E-state index is 0.158. The van der Waals surface area contributed by atoms with Gasteiger partial charge in [-0.3, -0.25) is 9.59 Å². The van der Waals surface area contributed by atoms with Crippen LogP contribution >= 0.6 is 0 Å². The second-order valence-electron chi connectivity index (χ2n) is 7.05. The quantitative estimate of drug-likeness (QED) is 0.659. The predicted octanol–water partition coefficient (Wildman–Crippen LogP) is 2.99. The van der Waals surface area contributed by atoms with Crippen molar-refractivity contribution in [3.63, 3.8) is 0 Å². The molecule has 1 heterocycles. The van der Waals surface area contributed by atoms with Gasteiger partial charge in [0.1, 0.15) is 11.8 Å². The van der Waals surface area contributed by atoms with E-state index in [2.05, 4.69) is 10.6 Å². The van der Waals surface area contributed by atoms with Gasteiger partial charge in [-0.15, -0.1) is 0 Å². The monoisotopic (exact) mass is 425 g/mol. The summed E-state index contributed by atoms with van der Waals surface area (Å²) in [5.41, 5.74) is 0.811. The zero-order chi connectivity index (χ0) is 22.5. The molecule has 2 aromatic rings. The Morgan fingerprint density at radius 3 is 2.10 bits per heavy atom. The molecule has 2 atom stereocenters. The normalized spacial score (nSPS) is 14.5. The second kappa shape index (κ2) is 9.29. The number of hydrogen-bond donors (Lipinski definition) is 2. The van der Waals surface area contributed by atoms with Gasteiger partial charge in [-0.2, -0.15) is 0 Å². The number of amides is 4. The summed E-state index contributed by atoms with van der Waals surface area (Å²) in [6.07, 6.45) is 0.546. The van der Waals surface area contributed by atoms with Crippen molar-refractivity contribution in [3.8, 4) is 5.75 Å². The SMILES string of the molecule is CCC(C)C(NC(=O)Nc1ccc(OC)cc1)C(=O)ON1C(=O)c2ccccc2C1=O. The molecule has 0 aromatic heterocycles. The molecule has 2 aromatic carbocycles. The van der Waals surface area contributed by atoms with E-state index in [-0.39, 0.29) is 17.0 Å². The van der Waals surface area contributed by atoms with Crippen LogP contribution in [0.2, 0.25) is 0 Å². The predicted molar refractivity (Wildman–Crippen MR) is 111 cm³/mol. The Hall–Kier alpha value is -3.88. The van der Waals surface area contributed by atoms with Gasteiger partial charge in [-0.25, -0.2) is 9.59 Å². The Morgan fingerprint density at radius 1 is 1.00 bits per heavy atom. The molecule has 9 nitrogen and oxygen atoms in total. The Balaban J connectivity index is 1.69. The molecule has 2 N–H and O–H groups in total. The van der Waals surface area contributed by atoms with Crippen LogP contribution in [0.3, 0.4) is 0 Å². The standard InChI is InChI=1S/C22H23N3O6/c1-4-13(2)18(24-22(29)23-14-9-11-15(30-3)12-10-14)21(28)31-25-19(26)16-7-5-6-8-17(16)20(25)27/h5-13,18H,4H2,1-3H3,(H2,23,24,29). The highest BCUT2D eigenvalue weighted by Gasteiger charge is 2.40. The maximum atomic E-state index is 12.8. The molecule has 1 aliphatic rings. The summed E-state index contributed by atoms with van der Waals surface area (Å²) in [4.78, 5) is 55.2. The maximum absolute atomic E-state index is 12.8. The summed E-state index contributed by atoms with van der Waals surface area (Å²) in [6.45, 7) is 3.60. The number of nitrogens with zero attached hydrogens (tertiary/aromatic N) is 1. The van der Waals surface area contributed by atoms with Gasteiger partial charge in [-0.05, 0) is 42.3 Å². The fraction of sp³-hybridized carbons (Fsp3) is 0.273. The Morgan fingerprint density at radius 2 is 1.58 bits per heavy atom. The van der Waals surface area contributed by atoms with Crippen LogP contribution in [0.5, 0.6) is 5.75 Å². The smallest absolute Gasteiger partial charge is 0.355 e. The van der Waals surface area contributed by atoms with Gasteiger partial charge in [0.05, 0.1) is 18.2 Å². The number of methoxy groups -OCH3 is 1. The lowest BCUT2D eigenvalue weighted by Gasteiger charge is -2.24. The third-order valence-corrected chi connectivity index (χ3v) is 5.04. The first-order valence-corrected chi connectivity index (χ1v) is 9.76. The Kier molecular flexibility index (Phi) is 6.54. The number of imide groups is 1. The van der Waals surface area contributed by atoms with E-state index in [1.165, 1.54) is 19.2 Å². The largest absolute Gasteiger partial charge is 0.497 e. The number of carbonyl (C=O) groups is 4. The molecule has 0 spiro atoms. The fourth-order valence-electron chi connectivity index (χ4n) is 3.05. The summed E-state index contributed by atoms with van der Waals surface area (Å²) < 4.78 is 5.07. The third-order valence-electron chi connectivity index (χ3n) is 5.04. The molecule has 0 radical (unpaired) electrons. The van der Waals surface area contributed by atoms with E-state index in [1.54, 1.807) is 43.3 Å². The van der Waals surface area contributed by atoms with Gasteiger partial charge >= 0.3 is 12.0 Å². The molecular weight excluding hydrogens is 402 g/mol. The number of hydrogen-bond acceptors (Lipinski definition) is 6. The van der Waals surface area contributed by atoms with E-state index in [0.717, 1.165) is 0 Å². The summed E-state index contributed by atoms with van der Waals surface area (Å²) in [6, 6.07) is 11.1. The lowest BCUT2D eigenvalue weighted by atomic mass is 9.99. The number of rotatable bonds is 7. The molecule has 9 heteroatoms. The van der Waals surface area contributed by atoms with Crippen LogP contribution in [0.25, 0.3) is 0 Å². The van der Waals surface area contributed by atoms with E-state index in [0.29, 0.717) is 22.9 Å². The summed E-state index contributed by atoms with van der Waals surface area (Å²) >= 11 is 0. The zero-order valence-electron chi connectivity index (χ0n) is 17.4. The third kappa shape index (κ3) is 4.66. The minimum Gasteiger partial charge on any atom is -0.497 e.